The van der Waals surface area contributed by atoms with Crippen molar-refractivity contribution in [2.45, 2.75) is 18.2 Å². The van der Waals surface area contributed by atoms with E-state index in [1.165, 1.54) is 28.3 Å². The van der Waals surface area contributed by atoms with Gasteiger partial charge in [-0.25, -0.2) is 4.90 Å². The number of ketones is 1. The third-order valence-corrected chi connectivity index (χ3v) is 9.24. The topological polar surface area (TPSA) is 60.9 Å². The molecular formula is C31H27Cl2N3O3S2. The summed E-state index contributed by atoms with van der Waals surface area (Å²) in [5, 5.41) is 0.394. The van der Waals surface area contributed by atoms with Crippen LogP contribution in [0.3, 0.4) is 0 Å². The van der Waals surface area contributed by atoms with Crippen LogP contribution in [0.4, 0.5) is 5.69 Å². The van der Waals surface area contributed by atoms with Crippen molar-refractivity contribution < 1.29 is 14.4 Å². The van der Waals surface area contributed by atoms with Crippen LogP contribution < -0.4 is 4.90 Å². The maximum Gasteiger partial charge on any atom is 0.247 e. The molecule has 10 heteroatoms. The van der Waals surface area contributed by atoms with Gasteiger partial charge in [0, 0.05) is 54.8 Å². The normalized spacial score (nSPS) is 18.0. The maximum atomic E-state index is 13.2. The number of rotatable bonds is 7. The van der Waals surface area contributed by atoms with Crippen LogP contribution in [0.1, 0.15) is 27.9 Å². The van der Waals surface area contributed by atoms with E-state index in [-0.39, 0.29) is 24.0 Å². The predicted octanol–water partition coefficient (Wildman–Crippen LogP) is 6.36. The molecule has 3 aromatic carbocycles. The Balaban J connectivity index is 1.15. The number of carbonyl (C=O) groups is 3. The molecule has 0 unspecified atom stereocenters. The zero-order valence-corrected chi connectivity index (χ0v) is 25.2. The van der Waals surface area contributed by atoms with Crippen LogP contribution in [0, 0.1) is 0 Å². The van der Waals surface area contributed by atoms with Crippen molar-refractivity contribution in [3.8, 4) is 0 Å². The highest BCUT2D eigenvalue weighted by atomic mass is 35.5. The predicted molar refractivity (Wildman–Crippen MR) is 171 cm³/mol. The number of hydrogen-bond acceptors (Lipinski definition) is 6. The highest BCUT2D eigenvalue weighted by molar-refractivity contribution is 8.23. The van der Waals surface area contributed by atoms with Gasteiger partial charge in [0.05, 0.1) is 5.69 Å². The minimum atomic E-state index is -0.564. The number of carbonyl (C=O) groups excluding carboxylic acids is 3. The number of amides is 2. The number of hydrogen-bond donors (Lipinski definition) is 0. The summed E-state index contributed by atoms with van der Waals surface area (Å²) in [5.74, 6) is -0.801. The number of halogens is 2. The Labute approximate surface area is 258 Å². The summed E-state index contributed by atoms with van der Waals surface area (Å²) in [7, 11) is 0. The number of thioether (sulfide) groups is 1. The molecule has 0 bridgehead atoms. The minimum Gasteiger partial charge on any atom is -0.355 e. The first kappa shape index (κ1) is 29.5. The smallest absolute Gasteiger partial charge is 0.247 e. The minimum absolute atomic E-state index is 0.0862. The molecule has 0 saturated carbocycles. The van der Waals surface area contributed by atoms with Gasteiger partial charge >= 0.3 is 0 Å². The van der Waals surface area contributed by atoms with Crippen LogP contribution in [0.15, 0.2) is 78.9 Å². The largest absolute Gasteiger partial charge is 0.355 e. The van der Waals surface area contributed by atoms with Gasteiger partial charge in [0.2, 0.25) is 11.8 Å². The number of benzene rings is 3. The maximum absolute atomic E-state index is 13.2. The van der Waals surface area contributed by atoms with Gasteiger partial charge in [-0.15, -0.1) is 0 Å². The number of imide groups is 1. The van der Waals surface area contributed by atoms with Gasteiger partial charge in [-0.05, 0) is 59.7 Å². The fourth-order valence-corrected chi connectivity index (χ4v) is 6.78. The van der Waals surface area contributed by atoms with Crippen molar-refractivity contribution in [2.75, 3.05) is 31.1 Å². The van der Waals surface area contributed by atoms with E-state index in [1.54, 1.807) is 48.5 Å². The highest BCUT2D eigenvalue weighted by Crippen LogP contribution is 2.32. The molecule has 2 saturated heterocycles. The second-order valence-corrected chi connectivity index (χ2v) is 12.5. The summed E-state index contributed by atoms with van der Waals surface area (Å²) in [6, 6.07) is 21.8. The number of allylic oxidation sites excluding steroid dienone is 1. The van der Waals surface area contributed by atoms with Gasteiger partial charge in [-0.1, -0.05) is 83.6 Å². The highest BCUT2D eigenvalue weighted by Gasteiger charge is 2.41. The molecule has 5 rings (SSSR count). The Bertz CT molecular complexity index is 1490. The number of anilines is 1. The van der Waals surface area contributed by atoms with Crippen molar-refractivity contribution in [3.05, 3.63) is 106 Å². The van der Waals surface area contributed by atoms with E-state index in [0.717, 1.165) is 32.7 Å². The zero-order chi connectivity index (χ0) is 28.9. The van der Waals surface area contributed by atoms with Crippen LogP contribution in [0.5, 0.6) is 0 Å². The van der Waals surface area contributed by atoms with Crippen LogP contribution in [-0.4, -0.2) is 63.1 Å². The molecule has 0 aromatic heterocycles. The van der Waals surface area contributed by atoms with Crippen molar-refractivity contribution in [2.24, 2.45) is 0 Å². The molecule has 3 aromatic rings. The Morgan fingerprint density at radius 3 is 2.34 bits per heavy atom. The quantitative estimate of drug-likeness (QED) is 0.131. The Hall–Kier alpha value is -3.01. The van der Waals surface area contributed by atoms with Crippen LogP contribution in [0.25, 0.3) is 6.08 Å². The molecule has 2 heterocycles. The lowest BCUT2D eigenvalue weighted by Gasteiger charge is -2.36. The first-order valence-electron chi connectivity index (χ1n) is 13.1. The summed E-state index contributed by atoms with van der Waals surface area (Å²) in [5.41, 5.74) is 2.81. The van der Waals surface area contributed by atoms with Crippen molar-refractivity contribution in [1.29, 1.82) is 0 Å². The van der Waals surface area contributed by atoms with Crippen molar-refractivity contribution >= 4 is 80.9 Å². The lowest BCUT2D eigenvalue weighted by atomic mass is 10.1. The van der Waals surface area contributed by atoms with Gasteiger partial charge in [0.25, 0.3) is 0 Å². The summed E-state index contributed by atoms with van der Waals surface area (Å²) < 4.78 is 0.644. The Morgan fingerprint density at radius 2 is 1.66 bits per heavy atom. The summed E-state index contributed by atoms with van der Waals surface area (Å²) >= 11 is 19.1. The Kier molecular flexibility index (Phi) is 9.57. The SMILES string of the molecule is O=C(/C=C/c1ccc(Cl)cc1Cl)c1ccc(N2C(=O)C[C@H](SC(=S)N3CCN(Cc4ccccc4)CC3)C2=O)cc1. The van der Waals surface area contributed by atoms with Gasteiger partial charge in [-0.3, -0.25) is 19.3 Å². The van der Waals surface area contributed by atoms with Gasteiger partial charge in [0.15, 0.2) is 5.78 Å². The Morgan fingerprint density at radius 1 is 0.951 bits per heavy atom. The molecule has 0 spiro atoms. The first-order chi connectivity index (χ1) is 19.8. The second kappa shape index (κ2) is 13.3. The van der Waals surface area contributed by atoms with Gasteiger partial charge in [-0.2, -0.15) is 0 Å². The van der Waals surface area contributed by atoms with Gasteiger partial charge in [0.1, 0.15) is 9.57 Å². The number of thiocarbonyl (C=S) groups is 1. The lowest BCUT2D eigenvalue weighted by Crippen LogP contribution is -2.47. The summed E-state index contributed by atoms with van der Waals surface area (Å²) in [6.07, 6.45) is 3.13. The fourth-order valence-electron chi connectivity index (χ4n) is 4.77. The van der Waals surface area contributed by atoms with Crippen molar-refractivity contribution in [1.82, 2.24) is 9.80 Å². The van der Waals surface area contributed by atoms with E-state index in [2.05, 4.69) is 21.9 Å². The van der Waals surface area contributed by atoms with E-state index in [4.69, 9.17) is 35.4 Å². The number of nitrogens with zero attached hydrogens (tertiary/aromatic N) is 3. The van der Waals surface area contributed by atoms with Crippen LogP contribution >= 0.6 is 47.2 Å². The van der Waals surface area contributed by atoms with E-state index >= 15 is 0 Å². The average molecular weight is 625 g/mol. The molecule has 2 aliphatic heterocycles. The molecule has 0 N–H and O–H groups in total. The molecule has 41 heavy (non-hydrogen) atoms. The van der Waals surface area contributed by atoms with Crippen LogP contribution in [-0.2, 0) is 16.1 Å². The average Bonchev–Trinajstić information content (AvgIpc) is 3.25. The molecule has 2 amide bonds. The summed E-state index contributed by atoms with van der Waals surface area (Å²) in [6.45, 7) is 4.23. The standard InChI is InChI=1S/C31H27Cl2N3O3S2/c32-24-10-6-22(26(33)18-24)9-13-27(37)23-7-11-25(12-8-23)36-29(38)19-28(30(36)39)41-31(40)35-16-14-34(15-17-35)20-21-4-2-1-3-5-21/h1-13,18,28H,14-17,19-20H2/b13-9+/t28-/m0/s1. The van der Waals surface area contributed by atoms with E-state index < -0.39 is 5.25 Å². The van der Waals surface area contributed by atoms with Gasteiger partial charge < -0.3 is 4.90 Å². The second-order valence-electron chi connectivity index (χ2n) is 9.80. The van der Waals surface area contributed by atoms with Crippen molar-refractivity contribution in [3.63, 3.8) is 0 Å². The molecule has 0 radical (unpaired) electrons. The molecule has 2 fully saturated rings. The third-order valence-electron chi connectivity index (χ3n) is 7.01. The summed E-state index contributed by atoms with van der Waals surface area (Å²) in [4.78, 5) is 44.4. The van der Waals surface area contributed by atoms with E-state index in [1.807, 2.05) is 18.2 Å². The lowest BCUT2D eigenvalue weighted by molar-refractivity contribution is -0.121. The molecule has 210 valence electrons. The number of piperazine rings is 1. The van der Waals surface area contributed by atoms with Crippen LogP contribution in [0.2, 0.25) is 10.0 Å². The monoisotopic (exact) mass is 623 g/mol. The molecule has 1 atom stereocenters. The fraction of sp³-hybridized carbons (Fsp3) is 0.226. The molecule has 2 aliphatic rings. The van der Waals surface area contributed by atoms with E-state index in [9.17, 15) is 14.4 Å². The molecular weight excluding hydrogens is 597 g/mol. The first-order valence-corrected chi connectivity index (χ1v) is 15.2. The van der Waals surface area contributed by atoms with E-state index in [0.29, 0.717) is 31.2 Å². The third kappa shape index (κ3) is 7.26. The molecule has 6 nitrogen and oxygen atoms in total. The zero-order valence-electron chi connectivity index (χ0n) is 22.0. The molecule has 0 aliphatic carbocycles.